The summed E-state index contributed by atoms with van der Waals surface area (Å²) in [5.74, 6) is 0.249. The summed E-state index contributed by atoms with van der Waals surface area (Å²) in [5.41, 5.74) is 8.05. The van der Waals surface area contributed by atoms with E-state index in [0.29, 0.717) is 19.1 Å². The highest BCUT2D eigenvalue weighted by molar-refractivity contribution is 5.78. The van der Waals surface area contributed by atoms with E-state index in [1.807, 2.05) is 0 Å². The van der Waals surface area contributed by atoms with Crippen LogP contribution in [-0.4, -0.2) is 37.0 Å². The molecule has 2 unspecified atom stereocenters. The second-order valence-corrected chi connectivity index (χ2v) is 6.00. The number of rotatable bonds is 5. The third kappa shape index (κ3) is 4.29. The van der Waals surface area contributed by atoms with Crippen molar-refractivity contribution in [2.24, 2.45) is 11.7 Å². The monoisotopic (exact) mass is 289 g/mol. The Bertz CT molecular complexity index is 458. The molecule has 2 rings (SSSR count). The number of carbonyl (C=O) groups is 1. The van der Waals surface area contributed by atoms with Gasteiger partial charge in [0, 0.05) is 25.7 Å². The number of nitrogens with zero attached hydrogens (tertiary/aromatic N) is 1. The van der Waals surface area contributed by atoms with Gasteiger partial charge in [-0.05, 0) is 38.8 Å². The third-order valence-corrected chi connectivity index (χ3v) is 4.37. The number of aryl methyl sites for hydroxylation is 1. The largest absolute Gasteiger partial charge is 0.355 e. The molecule has 4 nitrogen and oxygen atoms in total. The van der Waals surface area contributed by atoms with Crippen LogP contribution in [-0.2, 0) is 4.79 Å². The Morgan fingerprint density at radius 1 is 1.43 bits per heavy atom. The Kier molecular flexibility index (Phi) is 5.76. The molecule has 1 saturated heterocycles. The highest BCUT2D eigenvalue weighted by atomic mass is 16.1. The molecule has 4 heteroatoms. The molecule has 0 spiro atoms. The van der Waals surface area contributed by atoms with Crippen molar-refractivity contribution in [1.82, 2.24) is 10.2 Å². The van der Waals surface area contributed by atoms with E-state index in [1.165, 1.54) is 11.1 Å². The first-order valence-corrected chi connectivity index (χ1v) is 7.90. The molecular formula is C17H27N3O. The van der Waals surface area contributed by atoms with Gasteiger partial charge < -0.3 is 11.1 Å². The second kappa shape index (κ2) is 7.57. The second-order valence-electron chi connectivity index (χ2n) is 6.00. The molecule has 1 aliphatic heterocycles. The Hall–Kier alpha value is -1.39. The number of likely N-dealkylation sites (tertiary alicyclic amines) is 1. The van der Waals surface area contributed by atoms with Gasteiger partial charge in [-0.1, -0.05) is 29.8 Å². The van der Waals surface area contributed by atoms with Crippen LogP contribution in [0.1, 0.15) is 36.9 Å². The van der Waals surface area contributed by atoms with Crippen LogP contribution in [0.25, 0.3) is 0 Å². The zero-order chi connectivity index (χ0) is 15.2. The minimum absolute atomic E-state index is 0.0956. The molecule has 1 aromatic carbocycles. The summed E-state index contributed by atoms with van der Waals surface area (Å²) in [6.45, 7) is 7.31. The van der Waals surface area contributed by atoms with Crippen LogP contribution in [0.2, 0.25) is 0 Å². The number of carbonyl (C=O) groups excluding carboxylic acids is 1. The first kappa shape index (κ1) is 16.0. The molecule has 0 saturated carbocycles. The molecule has 1 aliphatic rings. The van der Waals surface area contributed by atoms with E-state index in [9.17, 15) is 4.79 Å². The lowest BCUT2D eigenvalue weighted by molar-refractivity contribution is -0.126. The molecule has 0 aliphatic carbocycles. The normalized spacial score (nSPS) is 21.0. The van der Waals surface area contributed by atoms with Crippen LogP contribution in [0.15, 0.2) is 24.3 Å². The summed E-state index contributed by atoms with van der Waals surface area (Å²) in [4.78, 5) is 14.5. The molecule has 1 amide bonds. The molecule has 21 heavy (non-hydrogen) atoms. The Morgan fingerprint density at radius 2 is 2.14 bits per heavy atom. The molecule has 1 heterocycles. The van der Waals surface area contributed by atoms with Crippen molar-refractivity contribution < 1.29 is 4.79 Å². The number of benzene rings is 1. The molecule has 3 N–H and O–H groups in total. The van der Waals surface area contributed by atoms with Crippen molar-refractivity contribution in [1.29, 1.82) is 0 Å². The molecule has 2 atom stereocenters. The van der Waals surface area contributed by atoms with Gasteiger partial charge in [-0.25, -0.2) is 0 Å². The Morgan fingerprint density at radius 3 is 2.81 bits per heavy atom. The zero-order valence-electron chi connectivity index (χ0n) is 13.1. The Labute approximate surface area is 127 Å². The lowest BCUT2D eigenvalue weighted by Crippen LogP contribution is -2.44. The van der Waals surface area contributed by atoms with Crippen molar-refractivity contribution in [3.63, 3.8) is 0 Å². The van der Waals surface area contributed by atoms with E-state index in [2.05, 4.69) is 48.3 Å². The third-order valence-electron chi connectivity index (χ3n) is 4.37. The fourth-order valence-electron chi connectivity index (χ4n) is 2.97. The number of hydrogen-bond acceptors (Lipinski definition) is 3. The average Bonchev–Trinajstić information content (AvgIpc) is 2.52. The summed E-state index contributed by atoms with van der Waals surface area (Å²) in [7, 11) is 0. The molecule has 116 valence electrons. The summed E-state index contributed by atoms with van der Waals surface area (Å²) < 4.78 is 0. The first-order valence-electron chi connectivity index (χ1n) is 7.90. The van der Waals surface area contributed by atoms with E-state index in [1.54, 1.807) is 0 Å². The fourth-order valence-corrected chi connectivity index (χ4v) is 2.97. The number of hydrogen-bond donors (Lipinski definition) is 2. The maximum absolute atomic E-state index is 12.1. The summed E-state index contributed by atoms with van der Waals surface area (Å²) in [5, 5.41) is 2.92. The van der Waals surface area contributed by atoms with Gasteiger partial charge in [0.15, 0.2) is 0 Å². The van der Waals surface area contributed by atoms with Crippen molar-refractivity contribution in [3.05, 3.63) is 35.4 Å². The van der Waals surface area contributed by atoms with Crippen LogP contribution in [0.5, 0.6) is 0 Å². The van der Waals surface area contributed by atoms with Gasteiger partial charge in [0.1, 0.15) is 0 Å². The lowest BCUT2D eigenvalue weighted by atomic mass is 9.94. The first-order chi connectivity index (χ1) is 10.1. The summed E-state index contributed by atoms with van der Waals surface area (Å²) in [6, 6.07) is 9.05. The minimum Gasteiger partial charge on any atom is -0.355 e. The maximum atomic E-state index is 12.1. The van der Waals surface area contributed by atoms with E-state index in [0.717, 1.165) is 25.9 Å². The number of nitrogens with two attached hydrogens (primary N) is 1. The molecule has 0 bridgehead atoms. The summed E-state index contributed by atoms with van der Waals surface area (Å²) >= 11 is 0. The molecule has 1 fully saturated rings. The van der Waals surface area contributed by atoms with E-state index >= 15 is 0 Å². The van der Waals surface area contributed by atoms with Crippen molar-refractivity contribution in [3.8, 4) is 0 Å². The maximum Gasteiger partial charge on any atom is 0.224 e. The summed E-state index contributed by atoms with van der Waals surface area (Å²) in [6.07, 6.45) is 2.06. The van der Waals surface area contributed by atoms with E-state index < -0.39 is 0 Å². The van der Waals surface area contributed by atoms with Gasteiger partial charge in [0.25, 0.3) is 0 Å². The number of amides is 1. The lowest BCUT2D eigenvalue weighted by Gasteiger charge is -2.36. The number of nitrogens with one attached hydrogen (secondary N) is 1. The quantitative estimate of drug-likeness (QED) is 0.869. The standard InChI is InChI=1S/C17H27N3O/c1-13-5-7-15(8-6-13)14(2)20-11-3-4-16(12-20)17(21)19-10-9-18/h5-8,14,16H,3-4,9-12,18H2,1-2H3,(H,19,21). The number of piperidine rings is 1. The highest BCUT2D eigenvalue weighted by Gasteiger charge is 2.28. The van der Waals surface area contributed by atoms with Crippen LogP contribution < -0.4 is 11.1 Å². The SMILES string of the molecule is Cc1ccc(C(C)N2CCCC(C(=O)NCCN)C2)cc1. The smallest absolute Gasteiger partial charge is 0.224 e. The Balaban J connectivity index is 1.96. The molecule has 1 aromatic rings. The van der Waals surface area contributed by atoms with Crippen LogP contribution in [0.4, 0.5) is 0 Å². The van der Waals surface area contributed by atoms with E-state index in [4.69, 9.17) is 5.73 Å². The molecular weight excluding hydrogens is 262 g/mol. The van der Waals surface area contributed by atoms with Gasteiger partial charge in [0.2, 0.25) is 5.91 Å². The molecule has 0 aromatic heterocycles. The van der Waals surface area contributed by atoms with Gasteiger partial charge in [-0.3, -0.25) is 9.69 Å². The van der Waals surface area contributed by atoms with E-state index in [-0.39, 0.29) is 11.8 Å². The van der Waals surface area contributed by atoms with Crippen LogP contribution in [0.3, 0.4) is 0 Å². The van der Waals surface area contributed by atoms with Crippen molar-refractivity contribution >= 4 is 5.91 Å². The van der Waals surface area contributed by atoms with Gasteiger partial charge >= 0.3 is 0 Å². The van der Waals surface area contributed by atoms with Gasteiger partial charge in [-0.15, -0.1) is 0 Å². The highest BCUT2D eigenvalue weighted by Crippen LogP contribution is 2.26. The zero-order valence-corrected chi connectivity index (χ0v) is 13.1. The van der Waals surface area contributed by atoms with Crippen LogP contribution >= 0.6 is 0 Å². The van der Waals surface area contributed by atoms with Gasteiger partial charge in [0.05, 0.1) is 5.92 Å². The predicted molar refractivity (Wildman–Crippen MR) is 86.0 cm³/mol. The van der Waals surface area contributed by atoms with Crippen molar-refractivity contribution in [2.75, 3.05) is 26.2 Å². The average molecular weight is 289 g/mol. The fraction of sp³-hybridized carbons (Fsp3) is 0.588. The minimum atomic E-state index is 0.0956. The van der Waals surface area contributed by atoms with Crippen molar-refractivity contribution in [2.45, 2.75) is 32.7 Å². The van der Waals surface area contributed by atoms with Gasteiger partial charge in [-0.2, -0.15) is 0 Å². The predicted octanol–water partition coefficient (Wildman–Crippen LogP) is 1.84. The van der Waals surface area contributed by atoms with Crippen LogP contribution in [0, 0.1) is 12.8 Å². The molecule has 0 radical (unpaired) electrons. The topological polar surface area (TPSA) is 58.4 Å².